The van der Waals surface area contributed by atoms with E-state index < -0.39 is 0 Å². The van der Waals surface area contributed by atoms with Gasteiger partial charge in [-0.1, -0.05) is 13.3 Å². The Bertz CT molecular complexity index is 201. The Morgan fingerprint density at radius 3 is 2.38 bits per heavy atom. The third-order valence-corrected chi connectivity index (χ3v) is 1.54. The van der Waals surface area contributed by atoms with E-state index in [0.29, 0.717) is 0 Å². The first-order valence-corrected chi connectivity index (χ1v) is 3.79. The molecule has 0 aliphatic heterocycles. The number of imidazole rings is 1. The molecule has 70 valence electrons. The zero-order valence-electron chi connectivity index (χ0n) is 8.33. The Kier molecular flexibility index (Phi) is 18.0. The van der Waals surface area contributed by atoms with Crippen LogP contribution in [0.1, 0.15) is 25.5 Å². The van der Waals surface area contributed by atoms with Crippen molar-refractivity contribution in [2.24, 2.45) is 7.05 Å². The average Bonchev–Trinajstić information content (AvgIpc) is 2.31. The molecule has 0 unspecified atom stereocenters. The maximum atomic E-state index is 4.22. The predicted molar refractivity (Wildman–Crippen MR) is 61.9 cm³/mol. The van der Waals surface area contributed by atoms with Crippen LogP contribution in [0, 0.1) is 0 Å². The Morgan fingerprint density at radius 2 is 2.00 bits per heavy atom. The van der Waals surface area contributed by atoms with Gasteiger partial charge in [0.15, 0.2) is 0 Å². The summed E-state index contributed by atoms with van der Waals surface area (Å²) in [6.07, 6.45) is 7.55. The van der Waals surface area contributed by atoms with Gasteiger partial charge < -0.3 is 4.57 Å². The molecule has 0 saturated heterocycles. The van der Waals surface area contributed by atoms with Crippen molar-refractivity contribution in [3.63, 3.8) is 0 Å². The van der Waals surface area contributed by atoms with E-state index in [2.05, 4.69) is 18.1 Å². The summed E-state index contributed by atoms with van der Waals surface area (Å²) in [5.74, 6) is 0. The molecule has 0 bridgehead atoms. The largest absolute Gasteiger partial charge is 0 e. The SMILES string of the molecule is CCCCc1cn(C)cn1.[SnH].[SnH].[Sn]. The minimum Gasteiger partial charge on any atom is 0 e. The maximum Gasteiger partial charge on any atom is 0 e. The minimum atomic E-state index is 0. The summed E-state index contributed by atoms with van der Waals surface area (Å²) in [6, 6.07) is 0. The monoisotopic (exact) mass is 500 g/mol. The van der Waals surface area contributed by atoms with E-state index in [1.165, 1.54) is 18.5 Å². The summed E-state index contributed by atoms with van der Waals surface area (Å²) in [5, 5.41) is 0. The Hall–Kier alpha value is 1.61. The maximum absolute atomic E-state index is 4.22. The quantitative estimate of drug-likeness (QED) is 0.543. The normalized spacial score (nSPS) is 7.85. The van der Waals surface area contributed by atoms with Crippen LogP contribution in [0.2, 0.25) is 0 Å². The van der Waals surface area contributed by atoms with Crippen molar-refractivity contribution in [2.45, 2.75) is 26.2 Å². The molecule has 0 atom stereocenters. The number of hydrogen-bond donors (Lipinski definition) is 0. The zero-order valence-corrected chi connectivity index (χ0v) is 17.8. The van der Waals surface area contributed by atoms with E-state index in [4.69, 9.17) is 0 Å². The fourth-order valence-electron chi connectivity index (χ4n) is 0.954. The van der Waals surface area contributed by atoms with Crippen molar-refractivity contribution >= 4 is 71.7 Å². The summed E-state index contributed by atoms with van der Waals surface area (Å²) in [5.41, 5.74) is 1.21. The van der Waals surface area contributed by atoms with Gasteiger partial charge in [0.25, 0.3) is 0 Å². The summed E-state index contributed by atoms with van der Waals surface area (Å²) in [4.78, 5) is 4.22. The summed E-state index contributed by atoms with van der Waals surface area (Å²) >= 11 is 0. The molecule has 0 saturated carbocycles. The van der Waals surface area contributed by atoms with Gasteiger partial charge in [-0.05, 0) is 12.8 Å². The second-order valence-corrected chi connectivity index (χ2v) is 2.63. The summed E-state index contributed by atoms with van der Waals surface area (Å²) in [6.45, 7) is 2.20. The molecule has 0 amide bonds. The van der Waals surface area contributed by atoms with Crippen molar-refractivity contribution in [3.05, 3.63) is 18.2 Å². The van der Waals surface area contributed by atoms with Crippen LogP contribution in [-0.4, -0.2) is 81.3 Å². The molecule has 0 aliphatic carbocycles. The second kappa shape index (κ2) is 11.7. The van der Waals surface area contributed by atoms with Crippen molar-refractivity contribution in [3.8, 4) is 0 Å². The number of aromatic nitrogens is 2. The Morgan fingerprint density at radius 1 is 1.38 bits per heavy atom. The molecular formula is C8H16N2Sn3. The Labute approximate surface area is 131 Å². The molecule has 0 aliphatic rings. The van der Waals surface area contributed by atoms with Gasteiger partial charge in [0.05, 0.1) is 12.0 Å². The van der Waals surface area contributed by atoms with Crippen LogP contribution in [0.25, 0.3) is 0 Å². The fraction of sp³-hybridized carbons (Fsp3) is 0.625. The van der Waals surface area contributed by atoms with Gasteiger partial charge in [0, 0.05) is 37.2 Å². The number of aryl methyl sites for hydroxylation is 2. The van der Waals surface area contributed by atoms with Crippen molar-refractivity contribution in [1.82, 2.24) is 9.55 Å². The Balaban J connectivity index is -0.000000333. The second-order valence-electron chi connectivity index (χ2n) is 2.63. The molecule has 13 heavy (non-hydrogen) atoms. The zero-order chi connectivity index (χ0) is 7.40. The third kappa shape index (κ3) is 8.59. The van der Waals surface area contributed by atoms with E-state index in [9.17, 15) is 0 Å². The summed E-state index contributed by atoms with van der Waals surface area (Å²) in [7, 11) is 2.00. The fourth-order valence-corrected chi connectivity index (χ4v) is 0.954. The molecule has 2 nitrogen and oxygen atoms in total. The molecule has 0 N–H and O–H groups in total. The van der Waals surface area contributed by atoms with Gasteiger partial charge in [0.2, 0.25) is 0 Å². The van der Waals surface area contributed by atoms with Crippen molar-refractivity contribution < 1.29 is 0 Å². The summed E-state index contributed by atoms with van der Waals surface area (Å²) < 4.78 is 1.99. The van der Waals surface area contributed by atoms with Crippen LogP contribution < -0.4 is 0 Å². The number of nitrogens with zero attached hydrogens (tertiary/aromatic N) is 2. The molecule has 10 radical (unpaired) electrons. The number of hydrogen-bond acceptors (Lipinski definition) is 1. The van der Waals surface area contributed by atoms with Crippen molar-refractivity contribution in [2.75, 3.05) is 0 Å². The van der Waals surface area contributed by atoms with Gasteiger partial charge in [-0.25, -0.2) is 4.98 Å². The van der Waals surface area contributed by atoms with Crippen LogP contribution in [0.5, 0.6) is 0 Å². The van der Waals surface area contributed by atoms with Gasteiger partial charge in [-0.15, -0.1) is 0 Å². The number of rotatable bonds is 3. The standard InChI is InChI=1S/C8H14N2.3Sn.2H/c1-3-4-5-8-6-10(2)7-9-8;;;;;/h6-7H,3-5H2,1-2H3;;;;;. The number of unbranched alkanes of at least 4 members (excludes halogenated alkanes) is 1. The first-order chi connectivity index (χ1) is 4.83. The topological polar surface area (TPSA) is 17.8 Å². The van der Waals surface area contributed by atoms with Gasteiger partial charge in [0.1, 0.15) is 0 Å². The van der Waals surface area contributed by atoms with Gasteiger partial charge in [-0.3, -0.25) is 0 Å². The van der Waals surface area contributed by atoms with Crippen LogP contribution in [0.15, 0.2) is 12.5 Å². The molecule has 1 aromatic heterocycles. The molecule has 1 heterocycles. The third-order valence-electron chi connectivity index (χ3n) is 1.54. The molecule has 1 rings (SSSR count). The van der Waals surface area contributed by atoms with E-state index >= 15 is 0 Å². The van der Waals surface area contributed by atoms with E-state index in [1.54, 1.807) is 0 Å². The van der Waals surface area contributed by atoms with E-state index in [-0.39, 0.29) is 71.7 Å². The molecule has 5 heteroatoms. The van der Waals surface area contributed by atoms with E-state index in [0.717, 1.165) is 6.42 Å². The van der Waals surface area contributed by atoms with Gasteiger partial charge >= 0.3 is 47.8 Å². The smallest absolute Gasteiger partial charge is 0 e. The average molecular weight is 496 g/mol. The van der Waals surface area contributed by atoms with Crippen LogP contribution in [0.3, 0.4) is 0 Å². The van der Waals surface area contributed by atoms with Crippen LogP contribution in [-0.2, 0) is 13.5 Å². The van der Waals surface area contributed by atoms with Crippen LogP contribution >= 0.6 is 0 Å². The molecule has 0 spiro atoms. The van der Waals surface area contributed by atoms with Crippen LogP contribution in [0.4, 0.5) is 0 Å². The van der Waals surface area contributed by atoms with Gasteiger partial charge in [-0.2, -0.15) is 0 Å². The minimum absolute atomic E-state index is 0. The molecular weight excluding hydrogens is 480 g/mol. The first-order valence-electron chi connectivity index (χ1n) is 3.79. The van der Waals surface area contributed by atoms with Crippen molar-refractivity contribution in [1.29, 1.82) is 0 Å². The predicted octanol–water partition coefficient (Wildman–Crippen LogP) is 0.0849. The van der Waals surface area contributed by atoms with E-state index in [1.807, 2.05) is 17.9 Å². The first kappa shape index (κ1) is 20.1. The molecule has 0 fully saturated rings. The molecule has 0 aromatic carbocycles. The molecule has 1 aromatic rings.